The summed E-state index contributed by atoms with van der Waals surface area (Å²) in [5.41, 5.74) is 1.95. The van der Waals surface area contributed by atoms with Crippen molar-refractivity contribution in [1.82, 2.24) is 9.88 Å². The van der Waals surface area contributed by atoms with Gasteiger partial charge in [0.15, 0.2) is 5.13 Å². The number of aryl methyl sites for hydroxylation is 1. The van der Waals surface area contributed by atoms with Crippen molar-refractivity contribution in [2.75, 3.05) is 32.1 Å². The highest BCUT2D eigenvalue weighted by atomic mass is 35.5. The fourth-order valence-corrected chi connectivity index (χ4v) is 4.53. The zero-order chi connectivity index (χ0) is 19.6. The number of para-hydroxylation sites is 1. The topological polar surface area (TPSA) is 79.6 Å². The third-order valence-electron chi connectivity index (χ3n) is 4.06. The van der Waals surface area contributed by atoms with Gasteiger partial charge in [0.1, 0.15) is 0 Å². The number of rotatable bonds is 7. The van der Waals surface area contributed by atoms with Gasteiger partial charge in [0.2, 0.25) is 0 Å². The standard InChI is InChI=1S/C18H20N4O3S2.ClH/c1-12-6-4-7-13-16(12)19-18(27-13)21(11-5-10-20(2)3)17(23)14-8-9-15(26-14)22(24)25;/h4,6-9H,5,10-11H2,1-3H3;1H. The molecule has 1 aromatic carbocycles. The molecule has 2 aromatic heterocycles. The molecule has 0 aliphatic rings. The number of thiazole rings is 1. The third-order valence-corrected chi connectivity index (χ3v) is 6.12. The largest absolute Gasteiger partial charge is 0.324 e. The Hall–Kier alpha value is -2.07. The van der Waals surface area contributed by atoms with Crippen LogP contribution in [-0.4, -0.2) is 47.9 Å². The van der Waals surface area contributed by atoms with E-state index >= 15 is 0 Å². The number of carbonyl (C=O) groups is 1. The Morgan fingerprint density at radius 2 is 1.93 bits per heavy atom. The fourth-order valence-electron chi connectivity index (χ4n) is 2.69. The molecule has 0 aliphatic heterocycles. The minimum absolute atomic E-state index is 0. The fraction of sp³-hybridized carbons (Fsp3) is 0.333. The molecule has 0 radical (unpaired) electrons. The summed E-state index contributed by atoms with van der Waals surface area (Å²) in [6.45, 7) is 3.33. The molecule has 0 aliphatic carbocycles. The molecule has 0 bridgehead atoms. The summed E-state index contributed by atoms with van der Waals surface area (Å²) in [6, 6.07) is 8.84. The van der Waals surface area contributed by atoms with Gasteiger partial charge in [0, 0.05) is 12.6 Å². The SMILES string of the molecule is Cc1cccc2sc(N(CCCN(C)C)C(=O)c3ccc([N+](=O)[O-])s3)nc12.Cl. The van der Waals surface area contributed by atoms with E-state index in [-0.39, 0.29) is 23.3 Å². The lowest BCUT2D eigenvalue weighted by Crippen LogP contribution is -2.32. The van der Waals surface area contributed by atoms with Crippen LogP contribution in [0.25, 0.3) is 10.2 Å². The number of nitro groups is 1. The Morgan fingerprint density at radius 1 is 1.18 bits per heavy atom. The van der Waals surface area contributed by atoms with Crippen LogP contribution in [0.1, 0.15) is 21.7 Å². The lowest BCUT2D eigenvalue weighted by molar-refractivity contribution is -0.380. The van der Waals surface area contributed by atoms with Crippen molar-refractivity contribution in [3.05, 3.63) is 50.9 Å². The quantitative estimate of drug-likeness (QED) is 0.396. The Labute approximate surface area is 177 Å². The molecule has 1 amide bonds. The molecule has 3 rings (SSSR count). The third kappa shape index (κ3) is 4.85. The number of amides is 1. The molecule has 3 aromatic rings. The molecule has 7 nitrogen and oxygen atoms in total. The predicted octanol–water partition coefficient (Wildman–Crippen LogP) is 4.59. The van der Waals surface area contributed by atoms with Crippen LogP contribution in [0.5, 0.6) is 0 Å². The number of benzene rings is 1. The molecule has 0 spiro atoms. The van der Waals surface area contributed by atoms with Crippen molar-refractivity contribution in [3.8, 4) is 0 Å². The van der Waals surface area contributed by atoms with E-state index in [1.807, 2.05) is 39.2 Å². The predicted molar refractivity (Wildman–Crippen MR) is 117 cm³/mol. The Kier molecular flexibility index (Phi) is 7.48. The number of carbonyl (C=O) groups excluding carboxylic acids is 1. The summed E-state index contributed by atoms with van der Waals surface area (Å²) in [4.78, 5) is 32.3. The highest BCUT2D eigenvalue weighted by molar-refractivity contribution is 7.22. The van der Waals surface area contributed by atoms with Gasteiger partial charge in [-0.3, -0.25) is 19.8 Å². The number of fused-ring (bicyclic) bond motifs is 1. The van der Waals surface area contributed by atoms with Gasteiger partial charge >= 0.3 is 5.00 Å². The normalized spacial score (nSPS) is 10.9. The minimum atomic E-state index is -0.473. The monoisotopic (exact) mass is 440 g/mol. The van der Waals surface area contributed by atoms with Gasteiger partial charge in [0.05, 0.1) is 20.0 Å². The highest BCUT2D eigenvalue weighted by Gasteiger charge is 2.24. The van der Waals surface area contributed by atoms with Crippen molar-refractivity contribution < 1.29 is 9.72 Å². The maximum Gasteiger partial charge on any atom is 0.324 e. The van der Waals surface area contributed by atoms with E-state index in [0.717, 1.165) is 40.1 Å². The number of hydrogen-bond acceptors (Lipinski definition) is 7. The summed E-state index contributed by atoms with van der Waals surface area (Å²) >= 11 is 2.36. The number of anilines is 1. The van der Waals surface area contributed by atoms with Gasteiger partial charge in [0.25, 0.3) is 5.91 Å². The van der Waals surface area contributed by atoms with E-state index < -0.39 is 4.92 Å². The Bertz CT molecular complexity index is 986. The maximum absolute atomic E-state index is 13.1. The first-order valence-corrected chi connectivity index (χ1v) is 10.1. The molecule has 0 saturated carbocycles. The van der Waals surface area contributed by atoms with Crippen LogP contribution in [0, 0.1) is 17.0 Å². The smallest absolute Gasteiger partial charge is 0.309 e. The van der Waals surface area contributed by atoms with Crippen molar-refractivity contribution in [1.29, 1.82) is 0 Å². The molecular weight excluding hydrogens is 420 g/mol. The van der Waals surface area contributed by atoms with E-state index in [9.17, 15) is 14.9 Å². The highest BCUT2D eigenvalue weighted by Crippen LogP contribution is 2.33. The van der Waals surface area contributed by atoms with Crippen molar-refractivity contribution in [2.24, 2.45) is 0 Å². The first-order valence-electron chi connectivity index (χ1n) is 8.44. The molecule has 10 heteroatoms. The van der Waals surface area contributed by atoms with E-state index in [1.54, 1.807) is 4.90 Å². The maximum atomic E-state index is 13.1. The van der Waals surface area contributed by atoms with E-state index in [2.05, 4.69) is 9.88 Å². The van der Waals surface area contributed by atoms with Gasteiger partial charge in [-0.1, -0.05) is 34.8 Å². The second-order valence-corrected chi connectivity index (χ2v) is 8.50. The minimum Gasteiger partial charge on any atom is -0.309 e. The average Bonchev–Trinajstić information content (AvgIpc) is 3.25. The molecule has 0 saturated heterocycles. The molecule has 28 heavy (non-hydrogen) atoms. The summed E-state index contributed by atoms with van der Waals surface area (Å²) in [5, 5.41) is 11.5. The van der Waals surface area contributed by atoms with Crippen LogP contribution in [-0.2, 0) is 0 Å². The first-order chi connectivity index (χ1) is 12.9. The zero-order valence-corrected chi connectivity index (χ0v) is 18.2. The molecule has 0 unspecified atom stereocenters. The van der Waals surface area contributed by atoms with Crippen LogP contribution in [0.2, 0.25) is 0 Å². The van der Waals surface area contributed by atoms with Gasteiger partial charge < -0.3 is 4.90 Å². The van der Waals surface area contributed by atoms with Gasteiger partial charge in [-0.05, 0) is 51.7 Å². The number of nitrogens with zero attached hydrogens (tertiary/aromatic N) is 4. The van der Waals surface area contributed by atoms with Gasteiger partial charge in [-0.15, -0.1) is 12.4 Å². The van der Waals surface area contributed by atoms with Crippen LogP contribution in [0.3, 0.4) is 0 Å². The van der Waals surface area contributed by atoms with Crippen LogP contribution < -0.4 is 4.90 Å². The van der Waals surface area contributed by atoms with E-state index in [4.69, 9.17) is 0 Å². The Balaban J connectivity index is 0.00000280. The van der Waals surface area contributed by atoms with Crippen molar-refractivity contribution in [2.45, 2.75) is 13.3 Å². The van der Waals surface area contributed by atoms with Crippen LogP contribution >= 0.6 is 35.1 Å². The summed E-state index contributed by atoms with van der Waals surface area (Å²) in [6.07, 6.45) is 0.779. The van der Waals surface area contributed by atoms with E-state index in [1.165, 1.54) is 23.5 Å². The number of halogens is 1. The summed E-state index contributed by atoms with van der Waals surface area (Å²) in [5.74, 6) is -0.247. The Morgan fingerprint density at radius 3 is 2.54 bits per heavy atom. The number of hydrogen-bond donors (Lipinski definition) is 0. The number of thiophene rings is 1. The average molecular weight is 441 g/mol. The molecule has 2 heterocycles. The zero-order valence-electron chi connectivity index (χ0n) is 15.7. The van der Waals surface area contributed by atoms with Crippen molar-refractivity contribution >= 4 is 61.3 Å². The first kappa shape index (κ1) is 22.2. The summed E-state index contributed by atoms with van der Waals surface area (Å²) < 4.78 is 1.02. The second-order valence-electron chi connectivity index (χ2n) is 6.43. The van der Waals surface area contributed by atoms with Crippen LogP contribution in [0.15, 0.2) is 30.3 Å². The second kappa shape index (κ2) is 9.42. The van der Waals surface area contributed by atoms with Gasteiger partial charge in [-0.25, -0.2) is 4.98 Å². The molecule has 0 atom stereocenters. The van der Waals surface area contributed by atoms with Crippen LogP contribution in [0.4, 0.5) is 10.1 Å². The number of aromatic nitrogens is 1. The molecule has 150 valence electrons. The molecule has 0 fully saturated rings. The summed E-state index contributed by atoms with van der Waals surface area (Å²) in [7, 11) is 3.96. The van der Waals surface area contributed by atoms with Crippen molar-refractivity contribution in [3.63, 3.8) is 0 Å². The lowest BCUT2D eigenvalue weighted by atomic mass is 10.2. The van der Waals surface area contributed by atoms with Gasteiger partial charge in [-0.2, -0.15) is 0 Å². The molecular formula is C18H21ClN4O3S2. The lowest BCUT2D eigenvalue weighted by Gasteiger charge is -2.20. The van der Waals surface area contributed by atoms with E-state index in [0.29, 0.717) is 16.6 Å². The molecule has 0 N–H and O–H groups in total.